The van der Waals surface area contributed by atoms with Crippen molar-refractivity contribution >= 4 is 16.1 Å². The minimum atomic E-state index is -1.11. The Labute approximate surface area is 380 Å². The number of rotatable bonds is 18. The fourth-order valence-corrected chi connectivity index (χ4v) is 8.47. The summed E-state index contributed by atoms with van der Waals surface area (Å²) in [5, 5.41) is 9.08. The average molecular weight is 891 g/mol. The Morgan fingerprint density at radius 3 is 1.55 bits per heavy atom. The van der Waals surface area contributed by atoms with E-state index in [9.17, 15) is 0 Å². The Bertz CT molecular complexity index is 2570. The van der Waals surface area contributed by atoms with Crippen LogP contribution in [0.3, 0.4) is 0 Å². The van der Waals surface area contributed by atoms with Crippen molar-refractivity contribution in [2.24, 2.45) is 0 Å². The van der Waals surface area contributed by atoms with Gasteiger partial charge < -0.3 is 18.6 Å². The molecule has 0 spiro atoms. The molecule has 2 aromatic carbocycles. The normalized spacial score (nSPS) is 11.8. The topological polar surface area (TPSA) is 116 Å². The van der Waals surface area contributed by atoms with Gasteiger partial charge in [-0.3, -0.25) is 19.3 Å². The van der Waals surface area contributed by atoms with Crippen molar-refractivity contribution in [3.63, 3.8) is 0 Å². The second-order valence-corrected chi connectivity index (χ2v) is 29.9. The molecule has 12 nitrogen and oxygen atoms in total. The number of aromatic nitrogens is 10. The van der Waals surface area contributed by atoms with Gasteiger partial charge in [-0.05, 0) is 72.5 Å². The second kappa shape index (κ2) is 21.1. The van der Waals surface area contributed by atoms with Gasteiger partial charge in [-0.15, -0.1) is 0 Å². The summed E-state index contributed by atoms with van der Waals surface area (Å²) in [5.41, 5.74) is 10.4. The molecule has 0 unspecified atom stereocenters. The van der Waals surface area contributed by atoms with Crippen molar-refractivity contribution in [1.29, 1.82) is 0 Å². The Morgan fingerprint density at radius 1 is 0.531 bits per heavy atom. The van der Waals surface area contributed by atoms with Gasteiger partial charge in [-0.1, -0.05) is 99.9 Å². The zero-order valence-corrected chi connectivity index (χ0v) is 40.6. The number of benzene rings is 2. The van der Waals surface area contributed by atoms with Crippen LogP contribution in [0.15, 0.2) is 135 Å². The fraction of sp³-hybridized carbons (Fsp3) is 0.320. The van der Waals surface area contributed by atoms with E-state index in [-0.39, 0.29) is 0 Å². The van der Waals surface area contributed by atoms with Crippen LogP contribution in [0, 0.1) is 13.8 Å². The standard InChI is InChI=1S/2C25H31N5OSi/c1-20-16-29(19-31-12-13-32(2,3)4)25(28-20)24-14-22(10-11-26-24)23-15-27-30(18-23)17-21-8-6-5-7-9-21;1-20-15-27-25(30(20)19-31-12-13-32(2,3)4)24-14-22(10-11-26-24)23-16-28-29(18-23)17-21-8-6-5-7-9-21/h2*5-11,14-16,18H,12-13,17,19H2,1-4H3. The Kier molecular flexibility index (Phi) is 15.1. The van der Waals surface area contributed by atoms with Crippen LogP contribution in [0.1, 0.15) is 22.5 Å². The highest BCUT2D eigenvalue weighted by molar-refractivity contribution is 6.76. The van der Waals surface area contributed by atoms with Crippen molar-refractivity contribution in [2.75, 3.05) is 13.2 Å². The van der Waals surface area contributed by atoms with Gasteiger partial charge in [0.1, 0.15) is 24.8 Å². The molecule has 14 heteroatoms. The summed E-state index contributed by atoms with van der Waals surface area (Å²) in [6.45, 7) is 22.3. The highest BCUT2D eigenvalue weighted by Crippen LogP contribution is 2.27. The van der Waals surface area contributed by atoms with Crippen molar-refractivity contribution in [3.8, 4) is 45.3 Å². The maximum absolute atomic E-state index is 5.99. The molecule has 0 radical (unpaired) electrons. The molecular formula is C50H62N10O2Si2. The molecule has 6 heterocycles. The van der Waals surface area contributed by atoms with Crippen molar-refractivity contribution in [2.45, 2.75) is 91.8 Å². The van der Waals surface area contributed by atoms with Crippen LogP contribution in [0.25, 0.3) is 45.3 Å². The molecule has 0 saturated heterocycles. The summed E-state index contributed by atoms with van der Waals surface area (Å²) >= 11 is 0. The predicted molar refractivity (Wildman–Crippen MR) is 262 cm³/mol. The number of nitrogens with zero attached hydrogens (tertiary/aromatic N) is 10. The van der Waals surface area contributed by atoms with Gasteiger partial charge >= 0.3 is 0 Å². The molecule has 64 heavy (non-hydrogen) atoms. The molecule has 8 aromatic rings. The Morgan fingerprint density at radius 2 is 1.03 bits per heavy atom. The van der Waals surface area contributed by atoms with Crippen LogP contribution < -0.4 is 0 Å². The maximum atomic E-state index is 5.99. The first-order valence-electron chi connectivity index (χ1n) is 22.0. The van der Waals surface area contributed by atoms with Crippen LogP contribution in [0.4, 0.5) is 0 Å². The van der Waals surface area contributed by atoms with E-state index < -0.39 is 16.1 Å². The molecule has 332 valence electrons. The SMILES string of the molecule is Cc1cn(COCC[Si](C)(C)C)c(-c2cc(-c3cnn(Cc4ccccc4)c3)ccn2)n1.Cc1cnc(-c2cc(-c3cnn(Cc4ccccc4)c3)ccn2)n1COCC[Si](C)(C)C. The van der Waals surface area contributed by atoms with Crippen LogP contribution in [-0.4, -0.2) is 78.0 Å². The van der Waals surface area contributed by atoms with Crippen molar-refractivity contribution in [3.05, 3.63) is 157 Å². The van der Waals surface area contributed by atoms with E-state index in [0.717, 1.165) is 95.1 Å². The molecular weight excluding hydrogens is 829 g/mol. The third-order valence-electron chi connectivity index (χ3n) is 10.7. The third kappa shape index (κ3) is 13.2. The summed E-state index contributed by atoms with van der Waals surface area (Å²) in [5.74, 6) is 1.66. The molecule has 0 atom stereocenters. The van der Waals surface area contributed by atoms with Crippen molar-refractivity contribution in [1.82, 2.24) is 48.6 Å². The lowest BCUT2D eigenvalue weighted by Gasteiger charge is -2.16. The number of hydrogen-bond donors (Lipinski definition) is 0. The lowest BCUT2D eigenvalue weighted by Crippen LogP contribution is -2.22. The Hall–Kier alpha value is -6.07. The summed E-state index contributed by atoms with van der Waals surface area (Å²) in [6, 6.07) is 31.2. The number of aryl methyl sites for hydroxylation is 2. The monoisotopic (exact) mass is 890 g/mol. The molecule has 0 fully saturated rings. The highest BCUT2D eigenvalue weighted by atomic mass is 28.3. The molecule has 0 aliphatic heterocycles. The first-order valence-corrected chi connectivity index (χ1v) is 29.5. The smallest absolute Gasteiger partial charge is 0.160 e. The third-order valence-corrected chi connectivity index (χ3v) is 14.1. The van der Waals surface area contributed by atoms with Gasteiger partial charge in [0.2, 0.25) is 0 Å². The average Bonchev–Trinajstić information content (AvgIpc) is 4.09. The van der Waals surface area contributed by atoms with Crippen LogP contribution in [0.5, 0.6) is 0 Å². The largest absolute Gasteiger partial charge is 0.361 e. The Balaban J connectivity index is 0.000000191. The summed E-state index contributed by atoms with van der Waals surface area (Å²) in [6.07, 6.45) is 15.5. The zero-order chi connectivity index (χ0) is 45.1. The molecule has 8 rings (SSSR count). The number of ether oxygens (including phenoxy) is 2. The zero-order valence-electron chi connectivity index (χ0n) is 38.6. The van der Waals surface area contributed by atoms with Crippen LogP contribution in [0.2, 0.25) is 51.4 Å². The van der Waals surface area contributed by atoms with E-state index in [1.165, 1.54) is 11.1 Å². The maximum Gasteiger partial charge on any atom is 0.160 e. The minimum Gasteiger partial charge on any atom is -0.361 e. The van der Waals surface area contributed by atoms with Gasteiger partial charge in [-0.2, -0.15) is 10.2 Å². The number of pyridine rings is 2. The quantitative estimate of drug-likeness (QED) is 0.0618. The van der Waals surface area contributed by atoms with E-state index in [4.69, 9.17) is 14.5 Å². The van der Waals surface area contributed by atoms with E-state index in [1.54, 1.807) is 0 Å². The molecule has 0 aliphatic rings. The molecule has 0 N–H and O–H groups in total. The second-order valence-electron chi connectivity index (χ2n) is 18.7. The summed E-state index contributed by atoms with van der Waals surface area (Å²) < 4.78 is 20.0. The molecule has 0 amide bonds. The van der Waals surface area contributed by atoms with E-state index in [1.807, 2.05) is 107 Å². The van der Waals surface area contributed by atoms with Gasteiger partial charge in [0.05, 0.1) is 31.2 Å². The van der Waals surface area contributed by atoms with E-state index in [2.05, 4.69) is 125 Å². The first-order chi connectivity index (χ1) is 30.8. The van der Waals surface area contributed by atoms with Crippen LogP contribution in [-0.2, 0) is 36.0 Å². The van der Waals surface area contributed by atoms with E-state index in [0.29, 0.717) is 13.5 Å². The molecule has 0 aliphatic carbocycles. The van der Waals surface area contributed by atoms with Gasteiger partial charge in [-0.25, -0.2) is 9.97 Å². The van der Waals surface area contributed by atoms with Crippen LogP contribution >= 0.6 is 0 Å². The molecule has 0 bridgehead atoms. The lowest BCUT2D eigenvalue weighted by molar-refractivity contribution is 0.0870. The van der Waals surface area contributed by atoms with Crippen molar-refractivity contribution < 1.29 is 9.47 Å². The highest BCUT2D eigenvalue weighted by Gasteiger charge is 2.17. The number of hydrogen-bond acceptors (Lipinski definition) is 8. The first kappa shape index (κ1) is 45.9. The van der Waals surface area contributed by atoms with Gasteiger partial charge in [0.15, 0.2) is 11.6 Å². The number of imidazole rings is 2. The molecule has 6 aromatic heterocycles. The summed E-state index contributed by atoms with van der Waals surface area (Å²) in [7, 11) is -2.21. The lowest BCUT2D eigenvalue weighted by atomic mass is 10.1. The molecule has 0 saturated carbocycles. The summed E-state index contributed by atoms with van der Waals surface area (Å²) in [4.78, 5) is 18.5. The fourth-order valence-electron chi connectivity index (χ4n) is 6.96. The van der Waals surface area contributed by atoms with E-state index >= 15 is 0 Å². The predicted octanol–water partition coefficient (Wildman–Crippen LogP) is 11.0. The van der Waals surface area contributed by atoms with Gasteiger partial charge in [0.25, 0.3) is 0 Å². The van der Waals surface area contributed by atoms with Gasteiger partial charge in [0, 0.05) is 83.4 Å². The minimum absolute atomic E-state index is 0.488.